The summed E-state index contributed by atoms with van der Waals surface area (Å²) in [5.41, 5.74) is 5.33. The summed E-state index contributed by atoms with van der Waals surface area (Å²) in [5.74, 6) is -1.66. The summed E-state index contributed by atoms with van der Waals surface area (Å²) in [7, 11) is 0. The van der Waals surface area contributed by atoms with Crippen molar-refractivity contribution in [1.82, 2.24) is 4.98 Å². The Morgan fingerprint density at radius 1 is 1.53 bits per heavy atom. The quantitative estimate of drug-likeness (QED) is 0.884. The number of carbonyl (C=O) groups excluding carboxylic acids is 1. The van der Waals surface area contributed by atoms with Gasteiger partial charge in [-0.25, -0.2) is 9.78 Å². The monoisotopic (exact) mass is 303 g/mol. The number of rotatable bonds is 3. The molecule has 1 amide bonds. The van der Waals surface area contributed by atoms with E-state index in [1.165, 1.54) is 0 Å². The van der Waals surface area contributed by atoms with Crippen LogP contribution >= 0.6 is 22.9 Å². The normalized spacial score (nSPS) is 23.4. The Morgan fingerprint density at radius 2 is 2.21 bits per heavy atom. The lowest BCUT2D eigenvalue weighted by Crippen LogP contribution is -2.45. The molecule has 2 unspecified atom stereocenters. The second-order valence-corrected chi connectivity index (χ2v) is 5.94. The smallest absolute Gasteiger partial charge is 0.349 e. The first-order valence-corrected chi connectivity index (χ1v) is 7.05. The van der Waals surface area contributed by atoms with E-state index in [4.69, 9.17) is 22.4 Å². The first-order chi connectivity index (χ1) is 8.90. The Morgan fingerprint density at radius 3 is 2.74 bits per heavy atom. The van der Waals surface area contributed by atoms with Gasteiger partial charge in [-0.1, -0.05) is 22.9 Å². The van der Waals surface area contributed by atoms with Crippen LogP contribution in [0.25, 0.3) is 0 Å². The maximum absolute atomic E-state index is 11.3. The third kappa shape index (κ3) is 2.82. The summed E-state index contributed by atoms with van der Waals surface area (Å²) in [6.07, 6.45) is 1.56. The zero-order valence-corrected chi connectivity index (χ0v) is 11.9. The highest BCUT2D eigenvalue weighted by Crippen LogP contribution is 2.34. The fourth-order valence-corrected chi connectivity index (χ4v) is 3.39. The van der Waals surface area contributed by atoms with Gasteiger partial charge in [0.15, 0.2) is 15.2 Å². The predicted molar refractivity (Wildman–Crippen MR) is 72.8 cm³/mol. The molecule has 1 aromatic heterocycles. The number of nitrogens with zero attached hydrogens (tertiary/aromatic N) is 2. The molecule has 1 aliphatic heterocycles. The van der Waals surface area contributed by atoms with Crippen molar-refractivity contribution in [2.75, 3.05) is 11.4 Å². The predicted octanol–water partition coefficient (Wildman–Crippen LogP) is 1.58. The maximum atomic E-state index is 11.3. The zero-order valence-electron chi connectivity index (χ0n) is 10.3. The number of aromatic carboxylic acids is 1. The van der Waals surface area contributed by atoms with Crippen LogP contribution in [0.2, 0.25) is 5.15 Å². The maximum Gasteiger partial charge on any atom is 0.349 e. The number of nitrogens with two attached hydrogens (primary N) is 1. The van der Waals surface area contributed by atoms with Crippen LogP contribution in [0.1, 0.15) is 29.4 Å². The average molecular weight is 304 g/mol. The highest BCUT2D eigenvalue weighted by atomic mass is 35.5. The first-order valence-electron chi connectivity index (χ1n) is 5.85. The Hall–Kier alpha value is -1.34. The number of amides is 1. The van der Waals surface area contributed by atoms with E-state index in [2.05, 4.69) is 4.98 Å². The van der Waals surface area contributed by atoms with Crippen LogP contribution in [0.4, 0.5) is 5.13 Å². The Kier molecular flexibility index (Phi) is 3.96. The van der Waals surface area contributed by atoms with Crippen LogP contribution in [0.5, 0.6) is 0 Å². The van der Waals surface area contributed by atoms with Gasteiger partial charge < -0.3 is 15.7 Å². The van der Waals surface area contributed by atoms with Gasteiger partial charge in [0.25, 0.3) is 0 Å². The third-order valence-corrected chi connectivity index (χ3v) is 4.76. The fraction of sp³-hybridized carbons (Fsp3) is 0.545. The minimum atomic E-state index is -1.09. The van der Waals surface area contributed by atoms with E-state index in [0.29, 0.717) is 11.7 Å². The molecule has 0 bridgehead atoms. The lowest BCUT2D eigenvalue weighted by atomic mass is 9.93. The lowest BCUT2D eigenvalue weighted by Gasteiger charge is -2.36. The molecular weight excluding hydrogens is 290 g/mol. The summed E-state index contributed by atoms with van der Waals surface area (Å²) in [4.78, 5) is 28.2. The molecule has 0 radical (unpaired) electrons. The van der Waals surface area contributed by atoms with Crippen LogP contribution < -0.4 is 10.6 Å². The number of hydrogen-bond acceptors (Lipinski definition) is 5. The SMILES string of the molecule is CC1CCC(C(N)=O)CN1c1nc(Cl)c(C(=O)O)s1. The largest absolute Gasteiger partial charge is 0.477 e. The zero-order chi connectivity index (χ0) is 14.2. The molecule has 1 saturated heterocycles. The van der Waals surface area contributed by atoms with Crippen molar-refractivity contribution < 1.29 is 14.7 Å². The lowest BCUT2D eigenvalue weighted by molar-refractivity contribution is -0.122. The molecular formula is C11H14ClN3O3S. The summed E-state index contributed by atoms with van der Waals surface area (Å²) in [5, 5.41) is 9.49. The van der Waals surface area contributed by atoms with Crippen molar-refractivity contribution in [3.05, 3.63) is 10.0 Å². The second-order valence-electron chi connectivity index (χ2n) is 4.60. The standard InChI is InChI=1S/C11H14ClN3O3S/c1-5-2-3-6(9(13)16)4-15(5)11-14-8(12)7(19-11)10(17)18/h5-6H,2-4H2,1H3,(H2,13,16)(H,17,18). The molecule has 0 spiro atoms. The molecule has 2 rings (SSSR count). The van der Waals surface area contributed by atoms with Crippen LogP contribution in [-0.2, 0) is 4.79 Å². The van der Waals surface area contributed by atoms with Crippen LogP contribution in [-0.4, -0.2) is 34.6 Å². The van der Waals surface area contributed by atoms with E-state index >= 15 is 0 Å². The molecule has 19 heavy (non-hydrogen) atoms. The van der Waals surface area contributed by atoms with Gasteiger partial charge in [-0.2, -0.15) is 0 Å². The fourth-order valence-electron chi connectivity index (χ4n) is 2.15. The van der Waals surface area contributed by atoms with E-state index in [9.17, 15) is 9.59 Å². The third-order valence-electron chi connectivity index (χ3n) is 3.30. The number of primary amides is 1. The summed E-state index contributed by atoms with van der Waals surface area (Å²) in [6, 6.07) is 0.180. The second kappa shape index (κ2) is 5.34. The van der Waals surface area contributed by atoms with Crippen molar-refractivity contribution in [2.45, 2.75) is 25.8 Å². The van der Waals surface area contributed by atoms with Gasteiger partial charge in [-0.3, -0.25) is 4.79 Å². The highest BCUT2D eigenvalue weighted by molar-refractivity contribution is 7.18. The average Bonchev–Trinajstić information content (AvgIpc) is 2.71. The van der Waals surface area contributed by atoms with Crippen molar-refractivity contribution in [2.24, 2.45) is 11.7 Å². The molecule has 0 aromatic carbocycles. The molecule has 2 atom stereocenters. The summed E-state index contributed by atoms with van der Waals surface area (Å²) < 4.78 is 0. The highest BCUT2D eigenvalue weighted by Gasteiger charge is 2.31. The number of thiazole rings is 1. The number of hydrogen-bond donors (Lipinski definition) is 2. The first kappa shape index (κ1) is 14.1. The molecule has 8 heteroatoms. The summed E-state index contributed by atoms with van der Waals surface area (Å²) in [6.45, 7) is 2.46. The van der Waals surface area contributed by atoms with Gasteiger partial charge in [-0.05, 0) is 19.8 Å². The van der Waals surface area contributed by atoms with Gasteiger partial charge in [0.2, 0.25) is 5.91 Å². The Bertz CT molecular complexity index is 519. The Balaban J connectivity index is 2.26. The number of carbonyl (C=O) groups is 2. The number of carboxylic acids is 1. The van der Waals surface area contributed by atoms with Crippen molar-refractivity contribution in [1.29, 1.82) is 0 Å². The van der Waals surface area contributed by atoms with Crippen molar-refractivity contribution in [3.63, 3.8) is 0 Å². The molecule has 3 N–H and O–H groups in total. The number of anilines is 1. The Labute approximate surface area is 119 Å². The molecule has 1 aromatic rings. The molecule has 2 heterocycles. The van der Waals surface area contributed by atoms with E-state index in [0.717, 1.165) is 24.2 Å². The number of halogens is 1. The minimum Gasteiger partial charge on any atom is -0.477 e. The number of aromatic nitrogens is 1. The number of carboxylic acid groups (broad SMARTS) is 1. The van der Waals surface area contributed by atoms with E-state index in [1.54, 1.807) is 0 Å². The summed E-state index contributed by atoms with van der Waals surface area (Å²) >= 11 is 6.83. The molecule has 1 fully saturated rings. The van der Waals surface area contributed by atoms with Gasteiger partial charge in [0.05, 0.1) is 5.92 Å². The molecule has 1 aliphatic rings. The van der Waals surface area contributed by atoms with Gasteiger partial charge in [0, 0.05) is 12.6 Å². The van der Waals surface area contributed by atoms with E-state index in [1.807, 2.05) is 11.8 Å². The molecule has 0 saturated carbocycles. The van der Waals surface area contributed by atoms with Crippen LogP contribution in [0, 0.1) is 5.92 Å². The van der Waals surface area contributed by atoms with Gasteiger partial charge in [-0.15, -0.1) is 0 Å². The van der Waals surface area contributed by atoms with Gasteiger partial charge in [0.1, 0.15) is 0 Å². The van der Waals surface area contributed by atoms with Crippen molar-refractivity contribution >= 4 is 39.9 Å². The van der Waals surface area contributed by atoms with E-state index in [-0.39, 0.29) is 27.9 Å². The van der Waals surface area contributed by atoms with E-state index < -0.39 is 5.97 Å². The molecule has 104 valence electrons. The topological polar surface area (TPSA) is 96.5 Å². The molecule has 0 aliphatic carbocycles. The minimum absolute atomic E-state index is 0.0131. The molecule has 6 nitrogen and oxygen atoms in total. The van der Waals surface area contributed by atoms with Crippen LogP contribution in [0.3, 0.4) is 0 Å². The van der Waals surface area contributed by atoms with Gasteiger partial charge >= 0.3 is 5.97 Å². The number of piperidine rings is 1. The van der Waals surface area contributed by atoms with Crippen LogP contribution in [0.15, 0.2) is 0 Å². The van der Waals surface area contributed by atoms with Crippen molar-refractivity contribution in [3.8, 4) is 0 Å².